The Balaban J connectivity index is 1.52. The number of hydrogen-bond acceptors (Lipinski definition) is 8. The van der Waals surface area contributed by atoms with Gasteiger partial charge in [0, 0.05) is 0 Å². The van der Waals surface area contributed by atoms with E-state index in [0.717, 1.165) is 0 Å². The number of aliphatic carboxylic acids is 1. The fourth-order valence-electron chi connectivity index (χ4n) is 3.27. The molecule has 0 heterocycles. The molecule has 3 rings (SSSR count). The highest BCUT2D eigenvalue weighted by molar-refractivity contribution is 5.92. The number of carbonyl (C=O) groups excluding carboxylic acids is 3. The van der Waals surface area contributed by atoms with Crippen molar-refractivity contribution in [3.8, 4) is 11.5 Å². The number of esters is 2. The first-order chi connectivity index (χ1) is 15.4. The molecule has 1 aliphatic rings. The van der Waals surface area contributed by atoms with E-state index in [1.54, 1.807) is 0 Å². The summed E-state index contributed by atoms with van der Waals surface area (Å²) in [6.45, 7) is 0. The number of rotatable bonds is 6. The van der Waals surface area contributed by atoms with Crippen molar-refractivity contribution >= 4 is 24.1 Å². The molecule has 9 nitrogen and oxygen atoms in total. The Morgan fingerprint density at radius 1 is 0.750 bits per heavy atom. The zero-order chi connectivity index (χ0) is 23.1. The van der Waals surface area contributed by atoms with Gasteiger partial charge in [0.15, 0.2) is 0 Å². The summed E-state index contributed by atoms with van der Waals surface area (Å²) < 4.78 is 20.0. The van der Waals surface area contributed by atoms with Crippen LogP contribution in [0.4, 0.5) is 4.79 Å². The van der Waals surface area contributed by atoms with Crippen LogP contribution in [0.15, 0.2) is 48.5 Å². The highest BCUT2D eigenvalue weighted by Crippen LogP contribution is 2.27. The van der Waals surface area contributed by atoms with E-state index in [4.69, 9.17) is 19.3 Å². The van der Waals surface area contributed by atoms with Crippen LogP contribution in [0.5, 0.6) is 11.5 Å². The SMILES string of the molecule is COC(=O)Oc1ccc(C(=O)Oc2ccc(C(=O)OC3CCC(C(=O)O)CC3)cc2)cc1. The number of ether oxygens (including phenoxy) is 4. The zero-order valence-corrected chi connectivity index (χ0v) is 17.3. The van der Waals surface area contributed by atoms with Gasteiger partial charge < -0.3 is 24.1 Å². The maximum absolute atomic E-state index is 12.3. The summed E-state index contributed by atoms with van der Waals surface area (Å²) in [4.78, 5) is 46.7. The molecule has 0 bridgehead atoms. The topological polar surface area (TPSA) is 125 Å². The Bertz CT molecular complexity index is 972. The first-order valence-electron chi connectivity index (χ1n) is 9.97. The smallest absolute Gasteiger partial charge is 0.481 e. The van der Waals surface area contributed by atoms with Gasteiger partial charge in [-0.2, -0.15) is 0 Å². The van der Waals surface area contributed by atoms with Crippen molar-refractivity contribution in [3.63, 3.8) is 0 Å². The quantitative estimate of drug-likeness (QED) is 0.403. The molecule has 1 saturated carbocycles. The Morgan fingerprint density at radius 3 is 1.75 bits per heavy atom. The van der Waals surface area contributed by atoms with Crippen molar-refractivity contribution in [1.29, 1.82) is 0 Å². The molecule has 0 aromatic heterocycles. The minimum absolute atomic E-state index is 0.215. The number of carboxylic acid groups (broad SMARTS) is 1. The fourth-order valence-corrected chi connectivity index (χ4v) is 3.27. The number of benzene rings is 2. The number of hydrogen-bond donors (Lipinski definition) is 1. The minimum atomic E-state index is -0.869. The molecule has 168 valence electrons. The third-order valence-electron chi connectivity index (χ3n) is 5.06. The fraction of sp³-hybridized carbons (Fsp3) is 0.304. The second-order valence-corrected chi connectivity index (χ2v) is 7.21. The standard InChI is InChI=1S/C23H22O9/c1-29-23(28)32-19-12-6-16(7-13-19)22(27)31-18-10-4-15(5-11-18)21(26)30-17-8-2-14(3-9-17)20(24)25/h4-7,10-14,17H,2-3,8-9H2,1H3,(H,24,25). The van der Waals surface area contributed by atoms with E-state index < -0.39 is 24.1 Å². The van der Waals surface area contributed by atoms with Gasteiger partial charge in [0.05, 0.1) is 24.2 Å². The maximum atomic E-state index is 12.3. The molecular formula is C23H22O9. The Labute approximate surface area is 183 Å². The number of carboxylic acids is 1. The van der Waals surface area contributed by atoms with Crippen molar-refractivity contribution in [2.24, 2.45) is 5.92 Å². The van der Waals surface area contributed by atoms with E-state index in [-0.39, 0.29) is 29.1 Å². The van der Waals surface area contributed by atoms with Gasteiger partial charge >= 0.3 is 24.1 Å². The summed E-state index contributed by atoms with van der Waals surface area (Å²) in [5.41, 5.74) is 0.539. The van der Waals surface area contributed by atoms with Crippen molar-refractivity contribution in [2.45, 2.75) is 31.8 Å². The average Bonchev–Trinajstić information content (AvgIpc) is 2.80. The Kier molecular flexibility index (Phi) is 7.43. The van der Waals surface area contributed by atoms with E-state index in [9.17, 15) is 19.2 Å². The summed E-state index contributed by atoms with van der Waals surface area (Å²) in [5, 5.41) is 9.03. The van der Waals surface area contributed by atoms with E-state index >= 15 is 0 Å². The molecule has 9 heteroatoms. The van der Waals surface area contributed by atoms with Crippen molar-refractivity contribution < 1.29 is 43.2 Å². The summed E-state index contributed by atoms with van der Waals surface area (Å²) in [7, 11) is 1.19. The number of methoxy groups -OCH3 is 1. The summed E-state index contributed by atoms with van der Waals surface area (Å²) in [5.74, 6) is -1.88. The molecular weight excluding hydrogens is 420 g/mol. The molecule has 0 aliphatic heterocycles. The highest BCUT2D eigenvalue weighted by atomic mass is 16.7. The van der Waals surface area contributed by atoms with Gasteiger partial charge in [-0.3, -0.25) is 4.79 Å². The third-order valence-corrected chi connectivity index (χ3v) is 5.06. The van der Waals surface area contributed by atoms with Crippen LogP contribution < -0.4 is 9.47 Å². The Morgan fingerprint density at radius 2 is 1.25 bits per heavy atom. The van der Waals surface area contributed by atoms with Crippen LogP contribution in [0.2, 0.25) is 0 Å². The lowest BCUT2D eigenvalue weighted by Crippen LogP contribution is -2.27. The largest absolute Gasteiger partial charge is 0.513 e. The molecule has 0 atom stereocenters. The maximum Gasteiger partial charge on any atom is 0.513 e. The molecule has 1 fully saturated rings. The molecule has 32 heavy (non-hydrogen) atoms. The first kappa shape index (κ1) is 22.8. The van der Waals surface area contributed by atoms with E-state index in [2.05, 4.69) is 4.74 Å². The van der Waals surface area contributed by atoms with E-state index in [0.29, 0.717) is 31.2 Å². The summed E-state index contributed by atoms with van der Waals surface area (Å²) in [6, 6.07) is 11.7. The lowest BCUT2D eigenvalue weighted by atomic mass is 9.87. The van der Waals surface area contributed by atoms with Crippen molar-refractivity contribution in [3.05, 3.63) is 59.7 Å². The number of carbonyl (C=O) groups is 4. The average molecular weight is 442 g/mol. The van der Waals surface area contributed by atoms with Gasteiger partial charge in [-0.1, -0.05) is 0 Å². The summed E-state index contributed by atoms with van der Waals surface area (Å²) in [6.07, 6.45) is 0.827. The second-order valence-electron chi connectivity index (χ2n) is 7.21. The van der Waals surface area contributed by atoms with E-state index in [1.165, 1.54) is 55.6 Å². The summed E-state index contributed by atoms with van der Waals surface area (Å²) >= 11 is 0. The van der Waals surface area contributed by atoms with Crippen LogP contribution in [-0.4, -0.2) is 42.4 Å². The molecule has 0 radical (unpaired) electrons. The molecule has 0 unspecified atom stereocenters. The zero-order valence-electron chi connectivity index (χ0n) is 17.3. The van der Waals surface area contributed by atoms with Gasteiger partial charge in [-0.25, -0.2) is 14.4 Å². The van der Waals surface area contributed by atoms with Crippen LogP contribution in [0.3, 0.4) is 0 Å². The van der Waals surface area contributed by atoms with Gasteiger partial charge in [0.1, 0.15) is 17.6 Å². The monoisotopic (exact) mass is 442 g/mol. The molecule has 1 N–H and O–H groups in total. The molecule has 0 saturated heterocycles. The first-order valence-corrected chi connectivity index (χ1v) is 9.97. The Hall–Kier alpha value is -3.88. The molecule has 1 aliphatic carbocycles. The van der Waals surface area contributed by atoms with Gasteiger partial charge in [-0.15, -0.1) is 0 Å². The predicted octanol–water partition coefficient (Wildman–Crippen LogP) is 3.85. The van der Waals surface area contributed by atoms with Gasteiger partial charge in [0.25, 0.3) is 0 Å². The molecule has 0 spiro atoms. The third kappa shape index (κ3) is 6.07. The highest BCUT2D eigenvalue weighted by Gasteiger charge is 2.28. The van der Waals surface area contributed by atoms with Crippen molar-refractivity contribution in [2.75, 3.05) is 7.11 Å². The normalized spacial score (nSPS) is 17.7. The molecule has 2 aromatic rings. The van der Waals surface area contributed by atoms with Gasteiger partial charge in [0.2, 0.25) is 0 Å². The second kappa shape index (κ2) is 10.4. The predicted molar refractivity (Wildman–Crippen MR) is 110 cm³/mol. The minimum Gasteiger partial charge on any atom is -0.481 e. The van der Waals surface area contributed by atoms with Crippen LogP contribution in [-0.2, 0) is 14.3 Å². The van der Waals surface area contributed by atoms with Crippen LogP contribution >= 0.6 is 0 Å². The molecule has 2 aromatic carbocycles. The van der Waals surface area contributed by atoms with Gasteiger partial charge in [-0.05, 0) is 74.2 Å². The van der Waals surface area contributed by atoms with Crippen LogP contribution in [0.25, 0.3) is 0 Å². The van der Waals surface area contributed by atoms with E-state index in [1.807, 2.05) is 0 Å². The lowest BCUT2D eigenvalue weighted by molar-refractivity contribution is -0.143. The van der Waals surface area contributed by atoms with Crippen molar-refractivity contribution in [1.82, 2.24) is 0 Å². The van der Waals surface area contributed by atoms with Crippen LogP contribution in [0.1, 0.15) is 46.4 Å². The lowest BCUT2D eigenvalue weighted by Gasteiger charge is -2.25. The molecule has 0 amide bonds. The van der Waals surface area contributed by atoms with Crippen LogP contribution in [0, 0.1) is 5.92 Å².